The highest BCUT2D eigenvalue weighted by Crippen LogP contribution is 2.56. The number of carbonyl (C=O) groups excluding carboxylic acids is 2. The number of ether oxygens (including phenoxy) is 2. The van der Waals surface area contributed by atoms with Gasteiger partial charge in [-0.2, -0.15) is 26.3 Å². The maximum absolute atomic E-state index is 14.9. The molecule has 4 nitrogen and oxygen atoms in total. The van der Waals surface area contributed by atoms with Gasteiger partial charge in [-0.3, -0.25) is 9.59 Å². The molecular weight excluding hydrogens is 741 g/mol. The van der Waals surface area contributed by atoms with Crippen LogP contribution in [-0.4, -0.2) is 23.9 Å². The van der Waals surface area contributed by atoms with Gasteiger partial charge in [0.1, 0.15) is 23.0 Å². The van der Waals surface area contributed by atoms with Crippen molar-refractivity contribution < 1.29 is 45.4 Å². The minimum atomic E-state index is -5.87. The first-order valence-electron chi connectivity index (χ1n) is 15.7. The maximum Gasteiger partial charge on any atom is 0.411 e. The second kappa shape index (κ2) is 14.8. The fourth-order valence-corrected chi connectivity index (χ4v) is 6.37. The monoisotopic (exact) mass is 764 g/mol. The van der Waals surface area contributed by atoms with Crippen molar-refractivity contribution in [1.29, 1.82) is 0 Å². The number of hydrogen-bond donors (Lipinski definition) is 0. The zero-order valence-electron chi connectivity index (χ0n) is 27.0. The van der Waals surface area contributed by atoms with Crippen LogP contribution in [0.25, 0.3) is 0 Å². The van der Waals surface area contributed by atoms with Crippen LogP contribution < -0.4 is 9.47 Å². The molecule has 53 heavy (non-hydrogen) atoms. The van der Waals surface area contributed by atoms with Crippen molar-refractivity contribution in [2.24, 2.45) is 0 Å². The second-order valence-electron chi connectivity index (χ2n) is 11.6. The maximum atomic E-state index is 14.9. The molecule has 12 heteroatoms. The molecule has 0 aliphatic heterocycles. The van der Waals surface area contributed by atoms with E-state index in [-0.39, 0.29) is 55.3 Å². The van der Waals surface area contributed by atoms with Crippen molar-refractivity contribution in [3.8, 4) is 23.0 Å². The summed E-state index contributed by atoms with van der Waals surface area (Å²) in [6, 6.07) is 31.3. The van der Waals surface area contributed by atoms with Crippen LogP contribution in [0.2, 0.25) is 10.0 Å². The van der Waals surface area contributed by atoms with Gasteiger partial charge in [0.2, 0.25) is 5.41 Å². The number of ketones is 2. The third-order valence-corrected chi connectivity index (χ3v) is 8.99. The number of rotatable bonds is 10. The van der Waals surface area contributed by atoms with Gasteiger partial charge in [-0.15, -0.1) is 0 Å². The van der Waals surface area contributed by atoms with E-state index >= 15 is 0 Å². The molecule has 0 spiro atoms. The lowest BCUT2D eigenvalue weighted by atomic mass is 9.73. The van der Waals surface area contributed by atoms with Gasteiger partial charge in [-0.05, 0) is 59.7 Å². The van der Waals surface area contributed by atoms with E-state index < -0.39 is 40.5 Å². The topological polar surface area (TPSA) is 52.6 Å². The van der Waals surface area contributed by atoms with E-state index in [1.807, 2.05) is 0 Å². The predicted molar refractivity (Wildman–Crippen MR) is 189 cm³/mol. The van der Waals surface area contributed by atoms with Gasteiger partial charge in [0.15, 0.2) is 11.6 Å². The molecule has 0 unspecified atom stereocenters. The van der Waals surface area contributed by atoms with Crippen LogP contribution in [0.15, 0.2) is 146 Å². The Bertz CT molecular complexity index is 2090. The van der Waals surface area contributed by atoms with Gasteiger partial charge in [0, 0.05) is 11.1 Å². The van der Waals surface area contributed by atoms with E-state index in [1.54, 1.807) is 60.7 Å². The first-order chi connectivity index (χ1) is 25.2. The predicted octanol–water partition coefficient (Wildman–Crippen LogP) is 12.5. The Morgan fingerprint density at radius 3 is 1.09 bits per heavy atom. The highest BCUT2D eigenvalue weighted by Gasteiger charge is 2.72. The molecule has 0 atom stereocenters. The molecule has 0 bridgehead atoms. The van der Waals surface area contributed by atoms with Crippen LogP contribution in [0.5, 0.6) is 23.0 Å². The van der Waals surface area contributed by atoms with Crippen LogP contribution in [0.1, 0.15) is 43.0 Å². The Kier molecular flexibility index (Phi) is 10.4. The SMILES string of the molecule is O=C(c1ccccc1)c1c(Cl)cccc1Oc1ccc(C(c2ccc(Oc3cccc(Cl)c3C(=O)c3ccccc3)cc2)(C(F)(F)F)C(F)(F)F)cc1. The summed E-state index contributed by atoms with van der Waals surface area (Å²) >= 11 is 12.6. The average Bonchev–Trinajstić information content (AvgIpc) is 3.12. The third-order valence-electron chi connectivity index (χ3n) is 8.36. The Hall–Kier alpha value is -5.58. The molecule has 6 rings (SSSR count). The molecule has 0 aromatic heterocycles. The zero-order chi connectivity index (χ0) is 38.0. The van der Waals surface area contributed by atoms with Gasteiger partial charge >= 0.3 is 12.4 Å². The molecule has 0 aliphatic rings. The average molecular weight is 766 g/mol. The van der Waals surface area contributed by atoms with Crippen molar-refractivity contribution in [3.63, 3.8) is 0 Å². The number of halogens is 8. The van der Waals surface area contributed by atoms with Crippen LogP contribution >= 0.6 is 23.2 Å². The smallest absolute Gasteiger partial charge is 0.411 e. The fourth-order valence-electron chi connectivity index (χ4n) is 5.87. The van der Waals surface area contributed by atoms with Crippen molar-refractivity contribution in [2.45, 2.75) is 17.8 Å². The molecule has 6 aromatic carbocycles. The van der Waals surface area contributed by atoms with Gasteiger partial charge in [-0.1, -0.05) is 120 Å². The number of carbonyl (C=O) groups is 2. The molecule has 0 heterocycles. The number of benzene rings is 6. The Labute approximate surface area is 309 Å². The minimum absolute atomic E-state index is 0.0305. The lowest BCUT2D eigenvalue weighted by Gasteiger charge is -2.38. The van der Waals surface area contributed by atoms with E-state index in [0.29, 0.717) is 24.3 Å². The Morgan fingerprint density at radius 1 is 0.434 bits per heavy atom. The highest BCUT2D eigenvalue weighted by molar-refractivity contribution is 6.36. The summed E-state index contributed by atoms with van der Waals surface area (Å²) < 4.78 is 101. The van der Waals surface area contributed by atoms with Gasteiger partial charge in [-0.25, -0.2) is 0 Å². The molecule has 0 radical (unpaired) electrons. The van der Waals surface area contributed by atoms with E-state index in [9.17, 15) is 35.9 Å². The molecule has 6 aromatic rings. The molecule has 0 amide bonds. The van der Waals surface area contributed by atoms with Crippen molar-refractivity contribution in [3.05, 3.63) is 189 Å². The standard InChI is InChI=1S/C41H24Cl2F6O4/c42-31-13-7-15-33(35(31)37(50)25-9-3-1-4-10-25)52-29-21-17-27(18-22-29)39(40(44,45)46,41(47,48)49)28-19-23-30(24-20-28)53-34-16-8-14-32(43)36(34)38(51)26-11-5-2-6-12-26/h1-24H. The lowest BCUT2D eigenvalue weighted by Crippen LogP contribution is -2.54. The number of alkyl halides is 6. The lowest BCUT2D eigenvalue weighted by molar-refractivity contribution is -0.288. The molecular formula is C41H24Cl2F6O4. The van der Waals surface area contributed by atoms with Crippen molar-refractivity contribution in [1.82, 2.24) is 0 Å². The molecule has 0 saturated carbocycles. The second-order valence-corrected chi connectivity index (χ2v) is 12.4. The van der Waals surface area contributed by atoms with Crippen LogP contribution in [0.3, 0.4) is 0 Å². The summed E-state index contributed by atoms with van der Waals surface area (Å²) in [6.07, 6.45) is -11.7. The summed E-state index contributed by atoms with van der Waals surface area (Å²) in [4.78, 5) is 26.5. The van der Waals surface area contributed by atoms with E-state index in [2.05, 4.69) is 0 Å². The minimum Gasteiger partial charge on any atom is -0.457 e. The normalized spacial score (nSPS) is 11.9. The van der Waals surface area contributed by atoms with E-state index in [1.165, 1.54) is 36.4 Å². The largest absolute Gasteiger partial charge is 0.457 e. The van der Waals surface area contributed by atoms with Crippen LogP contribution in [0.4, 0.5) is 26.3 Å². The summed E-state index contributed by atoms with van der Waals surface area (Å²) in [6.45, 7) is 0. The molecule has 0 saturated heterocycles. The number of hydrogen-bond acceptors (Lipinski definition) is 4. The summed E-state index contributed by atoms with van der Waals surface area (Å²) in [7, 11) is 0. The van der Waals surface area contributed by atoms with Crippen LogP contribution in [0, 0.1) is 0 Å². The molecule has 0 N–H and O–H groups in total. The Balaban J connectivity index is 1.34. The van der Waals surface area contributed by atoms with Gasteiger partial charge in [0.25, 0.3) is 0 Å². The quantitative estimate of drug-likeness (QED) is 0.103. The highest BCUT2D eigenvalue weighted by atomic mass is 35.5. The first kappa shape index (κ1) is 37.2. The summed E-state index contributed by atoms with van der Waals surface area (Å²) in [5, 5.41) is 0.0610. The van der Waals surface area contributed by atoms with Crippen LogP contribution in [-0.2, 0) is 5.41 Å². The van der Waals surface area contributed by atoms with Crippen molar-refractivity contribution >= 4 is 34.8 Å². The Morgan fingerprint density at radius 2 is 0.774 bits per heavy atom. The van der Waals surface area contributed by atoms with E-state index in [0.717, 1.165) is 24.3 Å². The molecule has 0 aliphatic carbocycles. The molecule has 0 fully saturated rings. The summed E-state index contributed by atoms with van der Waals surface area (Å²) in [5.41, 5.74) is -6.28. The fraction of sp³-hybridized carbons (Fsp3) is 0.0732. The van der Waals surface area contributed by atoms with Gasteiger partial charge < -0.3 is 9.47 Å². The van der Waals surface area contributed by atoms with Crippen molar-refractivity contribution in [2.75, 3.05) is 0 Å². The van der Waals surface area contributed by atoms with Gasteiger partial charge in [0.05, 0.1) is 21.2 Å². The zero-order valence-corrected chi connectivity index (χ0v) is 28.5. The summed E-state index contributed by atoms with van der Waals surface area (Å²) in [5.74, 6) is -1.41. The molecule has 268 valence electrons. The van der Waals surface area contributed by atoms with E-state index in [4.69, 9.17) is 32.7 Å². The first-order valence-corrected chi connectivity index (χ1v) is 16.4. The third kappa shape index (κ3) is 7.25.